The van der Waals surface area contributed by atoms with Crippen molar-refractivity contribution in [3.8, 4) is 11.3 Å². The van der Waals surface area contributed by atoms with Crippen molar-refractivity contribution >= 4 is 46.3 Å². The molecule has 1 aliphatic heterocycles. The highest BCUT2D eigenvalue weighted by Gasteiger charge is 2.26. The molecule has 2 aromatic heterocycles. The van der Waals surface area contributed by atoms with Crippen LogP contribution in [0, 0.1) is 6.92 Å². The van der Waals surface area contributed by atoms with Crippen molar-refractivity contribution in [2.45, 2.75) is 18.4 Å². The first-order valence-corrected chi connectivity index (χ1v) is 13.5. The smallest absolute Gasteiger partial charge is 0.281 e. The predicted octanol–water partition coefficient (Wildman–Crippen LogP) is 2.96. The molecular formula is C25H25BClN5O3S. The third kappa shape index (κ3) is 4.81. The lowest BCUT2D eigenvalue weighted by Gasteiger charge is -2.33. The van der Waals surface area contributed by atoms with Gasteiger partial charge in [0.2, 0.25) is 0 Å². The molecule has 1 saturated heterocycles. The van der Waals surface area contributed by atoms with E-state index < -0.39 is 10.0 Å². The molecule has 0 aliphatic carbocycles. The van der Waals surface area contributed by atoms with Crippen LogP contribution in [0.5, 0.6) is 0 Å². The van der Waals surface area contributed by atoms with Gasteiger partial charge in [0.15, 0.2) is 5.65 Å². The Kier molecular flexibility index (Phi) is 6.94. The Labute approximate surface area is 215 Å². The summed E-state index contributed by atoms with van der Waals surface area (Å²) < 4.78 is 28.9. The molecule has 0 atom stereocenters. The van der Waals surface area contributed by atoms with Gasteiger partial charge in [-0.3, -0.25) is 4.90 Å². The second-order valence-electron chi connectivity index (χ2n) is 8.96. The Balaban J connectivity index is 1.54. The zero-order valence-corrected chi connectivity index (χ0v) is 21.4. The third-order valence-electron chi connectivity index (χ3n) is 6.49. The normalized spacial score (nSPS) is 15.3. The highest BCUT2D eigenvalue weighted by Crippen LogP contribution is 2.34. The zero-order chi connectivity index (χ0) is 25.3. The maximum absolute atomic E-state index is 13.8. The van der Waals surface area contributed by atoms with Crippen molar-refractivity contribution < 1.29 is 13.2 Å². The summed E-state index contributed by atoms with van der Waals surface area (Å²) in [7, 11) is -3.50. The summed E-state index contributed by atoms with van der Waals surface area (Å²) in [6, 6.07) is 16.4. The summed E-state index contributed by atoms with van der Waals surface area (Å²) in [6.45, 7) is 6.07. The Morgan fingerprint density at radius 1 is 1.03 bits per heavy atom. The van der Waals surface area contributed by atoms with E-state index in [-0.39, 0.29) is 15.7 Å². The average Bonchev–Trinajstić information content (AvgIpc) is 3.28. The van der Waals surface area contributed by atoms with E-state index in [0.29, 0.717) is 18.5 Å². The van der Waals surface area contributed by atoms with Gasteiger partial charge in [0.05, 0.1) is 22.2 Å². The molecule has 0 unspecified atom stereocenters. The molecule has 0 bridgehead atoms. The molecule has 8 nitrogen and oxygen atoms in total. The summed E-state index contributed by atoms with van der Waals surface area (Å²) >= 11 is 6.35. The van der Waals surface area contributed by atoms with Gasteiger partial charge < -0.3 is 9.61 Å². The zero-order valence-electron chi connectivity index (χ0n) is 19.8. The van der Waals surface area contributed by atoms with E-state index in [1.165, 1.54) is 10.3 Å². The minimum Gasteiger partial charge on any atom is -0.336 e. The predicted molar refractivity (Wildman–Crippen MR) is 142 cm³/mol. The number of hydrogen-bond donors (Lipinski definition) is 0. The van der Waals surface area contributed by atoms with Crippen molar-refractivity contribution in [3.63, 3.8) is 0 Å². The molecule has 4 aromatic rings. The second-order valence-corrected chi connectivity index (χ2v) is 11.1. The first kappa shape index (κ1) is 24.6. The summed E-state index contributed by atoms with van der Waals surface area (Å²) in [6.07, 6.45) is 2.22. The number of rotatable bonds is 7. The van der Waals surface area contributed by atoms with Gasteiger partial charge in [-0.15, -0.1) is 0 Å². The van der Waals surface area contributed by atoms with Crippen LogP contribution in [0.4, 0.5) is 0 Å². The van der Waals surface area contributed by atoms with Crippen LogP contribution in [-0.2, 0) is 21.4 Å². The molecule has 0 saturated carbocycles. The van der Waals surface area contributed by atoms with Gasteiger partial charge in [-0.1, -0.05) is 47.5 Å². The van der Waals surface area contributed by atoms with E-state index in [4.69, 9.17) is 11.6 Å². The van der Waals surface area contributed by atoms with E-state index in [0.717, 1.165) is 55.6 Å². The molecule has 11 heteroatoms. The maximum atomic E-state index is 13.8. The van der Waals surface area contributed by atoms with Gasteiger partial charge in [-0.05, 0) is 42.3 Å². The minimum atomic E-state index is -3.96. The Hall–Kier alpha value is -3.05. The van der Waals surface area contributed by atoms with E-state index in [2.05, 4.69) is 19.7 Å². The summed E-state index contributed by atoms with van der Waals surface area (Å²) in [4.78, 5) is 23.8. The molecule has 0 amide bonds. The number of nitrogens with zero attached hydrogens (tertiary/aromatic N) is 5. The van der Waals surface area contributed by atoms with Gasteiger partial charge in [0.1, 0.15) is 11.5 Å². The average molecular weight is 522 g/mol. The lowest BCUT2D eigenvalue weighted by atomic mass is 9.93. The fourth-order valence-electron chi connectivity index (χ4n) is 4.54. The molecule has 0 spiro atoms. The number of aromatic nitrogens is 3. The maximum Gasteiger partial charge on any atom is 0.281 e. The molecule has 2 aromatic carbocycles. The molecular weight excluding hydrogens is 497 g/mol. The molecule has 3 heterocycles. The fourth-order valence-corrected chi connectivity index (χ4v) is 6.21. The summed E-state index contributed by atoms with van der Waals surface area (Å²) in [5.41, 5.74) is 3.50. The topological polar surface area (TPSA) is 88.4 Å². The van der Waals surface area contributed by atoms with Gasteiger partial charge in [-0.2, -0.15) is 0 Å². The molecule has 0 N–H and O–H groups in total. The minimum absolute atomic E-state index is 0.172. The number of piperazine rings is 1. The van der Waals surface area contributed by atoms with Crippen LogP contribution in [0.2, 0.25) is 5.15 Å². The van der Waals surface area contributed by atoms with Crippen LogP contribution in [0.25, 0.3) is 22.3 Å². The Morgan fingerprint density at radius 3 is 2.50 bits per heavy atom. The van der Waals surface area contributed by atoms with Gasteiger partial charge in [-0.25, -0.2) is 22.4 Å². The highest BCUT2D eigenvalue weighted by atomic mass is 35.5. The van der Waals surface area contributed by atoms with Crippen LogP contribution in [0.15, 0.2) is 65.8 Å². The third-order valence-corrected chi connectivity index (χ3v) is 8.51. The fraction of sp³-hybridized carbons (Fsp3) is 0.240. The standard InChI is InChI=1S/C25H25BClN5O3S/c1-18-5-7-21(8-6-18)36(34,35)32-23(14-22-24(27)28-17-29-25(22)32)20-4-2-3-19(13-20)15-30-9-11-31(12-10-30)26-16-33/h2-8,13-14,16-17,26H,9-12,15H2,1H3. The van der Waals surface area contributed by atoms with Gasteiger partial charge in [0, 0.05) is 32.7 Å². The van der Waals surface area contributed by atoms with E-state index in [1.807, 2.05) is 31.2 Å². The number of halogens is 1. The molecule has 1 fully saturated rings. The molecule has 184 valence electrons. The van der Waals surface area contributed by atoms with Crippen LogP contribution >= 0.6 is 11.6 Å². The van der Waals surface area contributed by atoms with E-state index in [9.17, 15) is 13.2 Å². The number of benzene rings is 2. The van der Waals surface area contributed by atoms with Crippen LogP contribution in [-0.4, -0.2) is 71.8 Å². The molecule has 1 aliphatic rings. The number of hydrogen-bond acceptors (Lipinski definition) is 7. The molecule has 5 rings (SSSR count). The molecule has 0 radical (unpaired) electrons. The lowest BCUT2D eigenvalue weighted by Crippen LogP contribution is -2.47. The quantitative estimate of drug-likeness (QED) is 0.210. The largest absolute Gasteiger partial charge is 0.336 e. The first-order chi connectivity index (χ1) is 17.4. The lowest BCUT2D eigenvalue weighted by molar-refractivity contribution is 0.183. The highest BCUT2D eigenvalue weighted by molar-refractivity contribution is 7.90. The van der Waals surface area contributed by atoms with Crippen LogP contribution in [0.1, 0.15) is 11.1 Å². The number of carbonyl (C=O) groups is 1. The number of carbonyl (C=O) groups excluding carboxylic acids is 1. The Morgan fingerprint density at radius 2 is 1.78 bits per heavy atom. The number of aryl methyl sites for hydroxylation is 1. The Bertz CT molecular complexity index is 1520. The van der Waals surface area contributed by atoms with E-state index in [1.54, 1.807) is 30.3 Å². The van der Waals surface area contributed by atoms with Crippen LogP contribution in [0.3, 0.4) is 0 Å². The second kappa shape index (κ2) is 10.1. The molecule has 36 heavy (non-hydrogen) atoms. The summed E-state index contributed by atoms with van der Waals surface area (Å²) in [5, 5.41) is 0.671. The van der Waals surface area contributed by atoms with Gasteiger partial charge >= 0.3 is 0 Å². The van der Waals surface area contributed by atoms with Crippen molar-refractivity contribution in [2.75, 3.05) is 26.2 Å². The monoisotopic (exact) mass is 521 g/mol. The SMILES string of the molecule is Cc1ccc(S(=O)(=O)n2c(-c3cccc(CN4CCN(BC=O)CC4)c3)cc3c(Cl)ncnc32)cc1. The van der Waals surface area contributed by atoms with Crippen molar-refractivity contribution in [1.29, 1.82) is 0 Å². The first-order valence-electron chi connectivity index (χ1n) is 11.7. The summed E-state index contributed by atoms with van der Waals surface area (Å²) in [5.74, 6) is 0. The van der Waals surface area contributed by atoms with E-state index >= 15 is 0 Å². The van der Waals surface area contributed by atoms with Crippen LogP contribution < -0.4 is 0 Å². The van der Waals surface area contributed by atoms with Gasteiger partial charge in [0.25, 0.3) is 17.4 Å². The van der Waals surface area contributed by atoms with Crippen molar-refractivity contribution in [3.05, 3.63) is 77.2 Å². The van der Waals surface area contributed by atoms with Crippen molar-refractivity contribution in [1.82, 2.24) is 23.7 Å². The van der Waals surface area contributed by atoms with Crippen molar-refractivity contribution in [2.24, 2.45) is 0 Å². The number of fused-ring (bicyclic) bond motifs is 1.